The SMILES string of the molecule is CC1=C(NCS)C(=O)N(C)C1=O. The van der Waals surface area contributed by atoms with Gasteiger partial charge in [-0.1, -0.05) is 0 Å². The van der Waals surface area contributed by atoms with Crippen LogP contribution in [0, 0.1) is 0 Å². The van der Waals surface area contributed by atoms with Crippen LogP contribution in [0.4, 0.5) is 0 Å². The first-order valence-corrected chi connectivity index (χ1v) is 4.10. The molecule has 0 aromatic rings. The van der Waals surface area contributed by atoms with E-state index in [1.54, 1.807) is 6.92 Å². The third-order valence-corrected chi connectivity index (χ3v) is 1.93. The average molecular weight is 186 g/mol. The molecule has 0 bridgehead atoms. The Morgan fingerprint density at radius 3 is 2.33 bits per heavy atom. The summed E-state index contributed by atoms with van der Waals surface area (Å²) in [6.07, 6.45) is 0. The molecule has 0 aromatic heterocycles. The maximum absolute atomic E-state index is 11.3. The van der Waals surface area contributed by atoms with Gasteiger partial charge in [-0.05, 0) is 6.92 Å². The minimum absolute atomic E-state index is 0.246. The molecule has 0 saturated carbocycles. The van der Waals surface area contributed by atoms with Crippen molar-refractivity contribution in [3.8, 4) is 0 Å². The van der Waals surface area contributed by atoms with Crippen LogP contribution in [0.5, 0.6) is 0 Å². The molecule has 66 valence electrons. The third kappa shape index (κ3) is 1.20. The second-order valence-electron chi connectivity index (χ2n) is 2.50. The van der Waals surface area contributed by atoms with Gasteiger partial charge in [-0.2, -0.15) is 12.6 Å². The molecule has 0 fully saturated rings. The summed E-state index contributed by atoms with van der Waals surface area (Å²) in [6, 6.07) is 0. The van der Waals surface area contributed by atoms with Crippen LogP contribution < -0.4 is 5.32 Å². The van der Waals surface area contributed by atoms with Crippen molar-refractivity contribution in [1.82, 2.24) is 10.2 Å². The molecule has 1 rings (SSSR count). The van der Waals surface area contributed by atoms with E-state index in [2.05, 4.69) is 17.9 Å². The number of carbonyl (C=O) groups is 2. The van der Waals surface area contributed by atoms with Crippen molar-refractivity contribution in [2.75, 3.05) is 12.9 Å². The van der Waals surface area contributed by atoms with Gasteiger partial charge in [0.25, 0.3) is 11.8 Å². The molecule has 1 heterocycles. The molecular formula is C7H10N2O2S. The van der Waals surface area contributed by atoms with Crippen LogP contribution in [0.1, 0.15) is 6.92 Å². The standard InChI is InChI=1S/C7H10N2O2S/c1-4-5(8-3-12)7(11)9(2)6(4)10/h8,12H,3H2,1-2H3. The fraction of sp³-hybridized carbons (Fsp3) is 0.429. The van der Waals surface area contributed by atoms with Crippen LogP contribution in [0.2, 0.25) is 0 Å². The zero-order chi connectivity index (χ0) is 9.30. The number of amides is 2. The first-order chi connectivity index (χ1) is 5.59. The minimum atomic E-state index is -0.286. The van der Waals surface area contributed by atoms with Crippen LogP contribution in [0.25, 0.3) is 0 Å². The monoisotopic (exact) mass is 186 g/mol. The topological polar surface area (TPSA) is 49.4 Å². The van der Waals surface area contributed by atoms with Gasteiger partial charge in [0.15, 0.2) is 0 Å². The zero-order valence-electron chi connectivity index (χ0n) is 6.92. The van der Waals surface area contributed by atoms with E-state index >= 15 is 0 Å². The molecule has 4 nitrogen and oxygen atoms in total. The number of hydrogen-bond donors (Lipinski definition) is 2. The first kappa shape index (κ1) is 9.12. The number of hydrogen-bond acceptors (Lipinski definition) is 4. The van der Waals surface area contributed by atoms with E-state index in [9.17, 15) is 9.59 Å². The van der Waals surface area contributed by atoms with Crippen molar-refractivity contribution in [1.29, 1.82) is 0 Å². The van der Waals surface area contributed by atoms with Crippen LogP contribution >= 0.6 is 12.6 Å². The number of carbonyl (C=O) groups excluding carboxylic acids is 2. The van der Waals surface area contributed by atoms with Gasteiger partial charge < -0.3 is 5.32 Å². The van der Waals surface area contributed by atoms with Crippen molar-refractivity contribution >= 4 is 24.4 Å². The van der Waals surface area contributed by atoms with E-state index in [1.165, 1.54) is 7.05 Å². The van der Waals surface area contributed by atoms with Crippen molar-refractivity contribution in [3.63, 3.8) is 0 Å². The van der Waals surface area contributed by atoms with E-state index < -0.39 is 0 Å². The predicted molar refractivity (Wildman–Crippen MR) is 47.5 cm³/mol. The van der Waals surface area contributed by atoms with Gasteiger partial charge in [0, 0.05) is 12.6 Å². The molecule has 1 aliphatic rings. The molecule has 0 saturated heterocycles. The molecule has 2 amide bonds. The molecule has 0 unspecified atom stereocenters. The van der Waals surface area contributed by atoms with E-state index in [4.69, 9.17) is 0 Å². The lowest BCUT2D eigenvalue weighted by atomic mass is 10.3. The molecule has 1 N–H and O–H groups in total. The Labute approximate surface area is 76.0 Å². The highest BCUT2D eigenvalue weighted by atomic mass is 32.1. The number of thiol groups is 1. The second kappa shape index (κ2) is 3.18. The quantitative estimate of drug-likeness (QED) is 0.355. The van der Waals surface area contributed by atoms with Gasteiger partial charge >= 0.3 is 0 Å². The van der Waals surface area contributed by atoms with Crippen molar-refractivity contribution in [3.05, 3.63) is 11.3 Å². The highest BCUT2D eigenvalue weighted by Crippen LogP contribution is 2.15. The minimum Gasteiger partial charge on any atom is -0.371 e. The maximum atomic E-state index is 11.3. The van der Waals surface area contributed by atoms with Crippen molar-refractivity contribution in [2.45, 2.75) is 6.92 Å². The molecule has 0 aliphatic carbocycles. The van der Waals surface area contributed by atoms with Gasteiger partial charge in [-0.3, -0.25) is 14.5 Å². The smallest absolute Gasteiger partial charge is 0.277 e. The fourth-order valence-corrected chi connectivity index (χ4v) is 1.22. The Balaban J connectivity index is 2.96. The molecular weight excluding hydrogens is 176 g/mol. The Morgan fingerprint density at radius 1 is 1.42 bits per heavy atom. The van der Waals surface area contributed by atoms with Gasteiger partial charge in [-0.25, -0.2) is 0 Å². The number of rotatable bonds is 2. The molecule has 0 aromatic carbocycles. The average Bonchev–Trinajstić information content (AvgIpc) is 2.23. The molecule has 1 aliphatic heterocycles. The van der Waals surface area contributed by atoms with Crippen LogP contribution in [-0.4, -0.2) is 29.6 Å². The molecule has 5 heteroatoms. The van der Waals surface area contributed by atoms with Gasteiger partial charge in [-0.15, -0.1) is 0 Å². The van der Waals surface area contributed by atoms with Gasteiger partial charge in [0.2, 0.25) is 0 Å². The summed E-state index contributed by atoms with van der Waals surface area (Å²) in [6.45, 7) is 1.62. The van der Waals surface area contributed by atoms with Crippen molar-refractivity contribution < 1.29 is 9.59 Å². The summed E-state index contributed by atoms with van der Waals surface area (Å²) < 4.78 is 0. The summed E-state index contributed by atoms with van der Waals surface area (Å²) in [5.74, 6) is -0.185. The highest BCUT2D eigenvalue weighted by molar-refractivity contribution is 7.80. The normalized spacial score (nSPS) is 17.8. The third-order valence-electron chi connectivity index (χ3n) is 1.77. The Kier molecular flexibility index (Phi) is 2.42. The summed E-state index contributed by atoms with van der Waals surface area (Å²) in [4.78, 5) is 23.5. The van der Waals surface area contributed by atoms with E-state index in [0.29, 0.717) is 17.1 Å². The Morgan fingerprint density at radius 2 is 2.00 bits per heavy atom. The lowest BCUT2D eigenvalue weighted by Crippen LogP contribution is -2.29. The van der Waals surface area contributed by atoms with Crippen LogP contribution in [0.15, 0.2) is 11.3 Å². The predicted octanol–water partition coefficient (Wildman–Crippen LogP) is -0.264. The highest BCUT2D eigenvalue weighted by Gasteiger charge is 2.32. The van der Waals surface area contributed by atoms with Crippen LogP contribution in [-0.2, 0) is 9.59 Å². The summed E-state index contributed by atoms with van der Waals surface area (Å²) in [5.41, 5.74) is 0.814. The number of nitrogens with zero attached hydrogens (tertiary/aromatic N) is 1. The summed E-state index contributed by atoms with van der Waals surface area (Å²) in [5, 5.41) is 2.74. The lowest BCUT2D eigenvalue weighted by Gasteiger charge is -2.06. The fourth-order valence-electron chi connectivity index (χ4n) is 1.07. The summed E-state index contributed by atoms with van der Waals surface area (Å²) >= 11 is 3.91. The lowest BCUT2D eigenvalue weighted by molar-refractivity contribution is -0.136. The van der Waals surface area contributed by atoms with E-state index in [1.807, 2.05) is 0 Å². The van der Waals surface area contributed by atoms with Crippen molar-refractivity contribution in [2.24, 2.45) is 0 Å². The van der Waals surface area contributed by atoms with Gasteiger partial charge in [0.1, 0.15) is 5.70 Å². The molecule has 0 spiro atoms. The molecule has 12 heavy (non-hydrogen) atoms. The largest absolute Gasteiger partial charge is 0.371 e. The molecule has 0 atom stereocenters. The Hall–Kier alpha value is -0.970. The van der Waals surface area contributed by atoms with Gasteiger partial charge in [0.05, 0.1) is 5.88 Å². The van der Waals surface area contributed by atoms with Crippen LogP contribution in [0.3, 0.4) is 0 Å². The summed E-state index contributed by atoms with van der Waals surface area (Å²) in [7, 11) is 1.46. The van der Waals surface area contributed by atoms with E-state index in [-0.39, 0.29) is 11.8 Å². The Bertz CT molecular complexity index is 273. The number of likely N-dealkylation sites (N-methyl/N-ethyl adjacent to an activating group) is 1. The first-order valence-electron chi connectivity index (χ1n) is 3.47. The number of nitrogens with one attached hydrogen (secondary N) is 1. The maximum Gasteiger partial charge on any atom is 0.277 e. The van der Waals surface area contributed by atoms with E-state index in [0.717, 1.165) is 4.90 Å². The molecule has 0 radical (unpaired) electrons. The second-order valence-corrected chi connectivity index (χ2v) is 2.82. The number of imide groups is 1. The zero-order valence-corrected chi connectivity index (χ0v) is 7.81.